The van der Waals surface area contributed by atoms with Gasteiger partial charge in [-0.15, -0.1) is 11.3 Å². The zero-order valence-corrected chi connectivity index (χ0v) is 54.3. The van der Waals surface area contributed by atoms with Gasteiger partial charge in [0.05, 0.1) is 10.4 Å². The Labute approximate surface area is 538 Å². The van der Waals surface area contributed by atoms with Crippen LogP contribution >= 0.6 is 19.9 Å². The van der Waals surface area contributed by atoms with Gasteiger partial charge in [-0.2, -0.15) is 8.78 Å². The summed E-state index contributed by atoms with van der Waals surface area (Å²) in [4.78, 5) is 141. The fraction of sp³-hybridized carbons (Fsp3) is 0.540. The number of amides is 8. The van der Waals surface area contributed by atoms with Gasteiger partial charge < -0.3 is 61.7 Å². The van der Waals surface area contributed by atoms with Crippen LogP contribution in [0.2, 0.25) is 0 Å². The molecule has 6 heterocycles. The minimum Gasteiger partial charge on any atom is -0.385 e. The van der Waals surface area contributed by atoms with Crippen molar-refractivity contribution in [3.8, 4) is 0 Å². The Morgan fingerprint density at radius 2 is 1.61 bits per heavy atom. The molecule has 92 heavy (non-hydrogen) atoms. The van der Waals surface area contributed by atoms with E-state index in [2.05, 4.69) is 67.0 Å². The molecule has 11 N–H and O–H groups in total. The number of carbonyl (C=O) groups is 8. The number of thiophene rings is 1. The summed E-state index contributed by atoms with van der Waals surface area (Å²) in [6, 6.07) is 12.7. The Morgan fingerprint density at radius 3 is 2.30 bits per heavy atom. The number of halogens is 2. The van der Waals surface area contributed by atoms with Crippen molar-refractivity contribution in [2.45, 2.75) is 133 Å². The average molecular weight is 1320 g/mol. The Balaban J connectivity index is 0.872. The lowest BCUT2D eigenvalue weighted by molar-refractivity contribution is -0.189. The zero-order valence-electron chi connectivity index (χ0n) is 52.6. The summed E-state index contributed by atoms with van der Waals surface area (Å²) >= 11 is 1.01. The highest BCUT2D eigenvalue weighted by atomic mass is 32.1. The summed E-state index contributed by atoms with van der Waals surface area (Å²) in [6.07, 6.45) is -1.15. The van der Waals surface area contributed by atoms with Gasteiger partial charge in [-0.1, -0.05) is 51.1 Å². The van der Waals surface area contributed by atoms with Gasteiger partial charge >= 0.3 is 14.7 Å². The molecule has 1 aromatic heterocycles. The lowest BCUT2D eigenvalue weighted by Gasteiger charge is -2.39. The maximum absolute atomic E-state index is 15.1. The molecule has 1 unspecified atom stereocenters. The standard InChI is InChI=1S/C63H85F2N14O11PS/c1-62(2,3)40-14-12-38(13-15-40)33-47(59(86)77-31-29-75(30-32-77)25-8-24-68-45-10-6-9-43-44(45)36-78(58(43)85)49-19-21-53(80)73-55(49)82)71-54(81)46(11-7-23-69-61(66)67)70-56(83)50-18-17-42-22-26-76(28-27-74(4)5)37-48(60(87)79(42)50)72-57(84)52-35-39-34-41(16-20-51(39)92-52)63(64,65)90-91(88)89/h6,9-10,12-16,20,34-35,42,46-50,68,88-89H,7-8,11,17-19,21-33,36-37H2,1-5H3,(H,70,83)(H,71,81)(H,72,84)(H4,66,67,69)(H,73,80,82)/t42-,46+,47+,48+,49?,50+/m1/s1. The number of likely N-dealkylation sites (N-methyl/N-ethyl adjacent to an activating group) is 1. The molecule has 0 radical (unpaired) electrons. The maximum Gasteiger partial charge on any atom is 0.389 e. The van der Waals surface area contributed by atoms with Crippen LogP contribution in [0, 0.1) is 5.41 Å². The third-order valence-corrected chi connectivity index (χ3v) is 19.3. The van der Waals surface area contributed by atoms with Crippen molar-refractivity contribution in [3.05, 3.63) is 99.4 Å². The Bertz CT molecular complexity index is 3380. The van der Waals surface area contributed by atoms with Crippen LogP contribution in [0.1, 0.15) is 114 Å². The molecule has 498 valence electrons. The van der Waals surface area contributed by atoms with Gasteiger partial charge in [0.1, 0.15) is 30.2 Å². The summed E-state index contributed by atoms with van der Waals surface area (Å²) < 4.78 is 34.0. The van der Waals surface area contributed by atoms with Crippen LogP contribution in [0.5, 0.6) is 0 Å². The first-order valence-corrected chi connectivity index (χ1v) is 33.3. The molecule has 6 atom stereocenters. The van der Waals surface area contributed by atoms with Gasteiger partial charge in [-0.05, 0) is 124 Å². The van der Waals surface area contributed by atoms with Crippen LogP contribution in [0.3, 0.4) is 0 Å². The Morgan fingerprint density at radius 1 is 0.870 bits per heavy atom. The highest BCUT2D eigenvalue weighted by Gasteiger charge is 2.47. The number of piperazine rings is 1. The maximum atomic E-state index is 15.1. The number of guanidine groups is 1. The van der Waals surface area contributed by atoms with Crippen LogP contribution in [0.4, 0.5) is 14.5 Å². The minimum atomic E-state index is -4.03. The van der Waals surface area contributed by atoms with Crippen LogP contribution in [0.25, 0.3) is 10.1 Å². The molecule has 4 fully saturated rings. The number of anilines is 1. The highest BCUT2D eigenvalue weighted by molar-refractivity contribution is 7.39. The molecule has 9 rings (SSSR count). The molecule has 25 nitrogen and oxygen atoms in total. The van der Waals surface area contributed by atoms with Gasteiger partial charge in [0, 0.05) is 112 Å². The van der Waals surface area contributed by atoms with Gasteiger partial charge in [0.2, 0.25) is 35.4 Å². The van der Waals surface area contributed by atoms with E-state index >= 15 is 4.79 Å². The number of piperidine rings is 1. The quantitative estimate of drug-likeness (QED) is 0.0150. The number of nitrogens with zero attached hydrogens (tertiary/aromatic N) is 6. The van der Waals surface area contributed by atoms with Crippen molar-refractivity contribution >= 4 is 88.9 Å². The summed E-state index contributed by atoms with van der Waals surface area (Å²) in [5.41, 5.74) is 8.82. The van der Waals surface area contributed by atoms with E-state index in [1.165, 1.54) is 21.9 Å². The Hall–Kier alpha value is -7.30. The number of benzene rings is 3. The van der Waals surface area contributed by atoms with Crippen molar-refractivity contribution in [2.24, 2.45) is 5.73 Å². The second-order valence-corrected chi connectivity index (χ2v) is 27.3. The van der Waals surface area contributed by atoms with E-state index in [-0.39, 0.29) is 97.5 Å². The van der Waals surface area contributed by atoms with E-state index in [9.17, 15) is 42.3 Å². The normalized spacial score (nSPS) is 20.8. The van der Waals surface area contributed by atoms with Gasteiger partial charge in [-0.25, -0.2) is 4.52 Å². The third-order valence-electron chi connectivity index (χ3n) is 17.7. The molecule has 5 aliphatic heterocycles. The van der Waals surface area contributed by atoms with E-state index in [1.807, 2.05) is 49.3 Å². The molecule has 29 heteroatoms. The highest BCUT2D eigenvalue weighted by Crippen LogP contribution is 2.43. The number of imide groups is 1. The number of rotatable bonds is 25. The van der Waals surface area contributed by atoms with E-state index in [0.29, 0.717) is 82.0 Å². The van der Waals surface area contributed by atoms with Crippen molar-refractivity contribution in [1.29, 1.82) is 5.41 Å². The van der Waals surface area contributed by atoms with E-state index in [0.717, 1.165) is 52.3 Å². The van der Waals surface area contributed by atoms with E-state index in [1.54, 1.807) is 17.0 Å². The van der Waals surface area contributed by atoms with Crippen molar-refractivity contribution in [2.75, 3.05) is 91.4 Å². The summed E-state index contributed by atoms with van der Waals surface area (Å²) in [5.74, 6) is -4.02. The molecule has 0 aliphatic carbocycles. The molecule has 0 spiro atoms. The lowest BCUT2D eigenvalue weighted by atomic mass is 9.86. The predicted molar refractivity (Wildman–Crippen MR) is 343 cm³/mol. The molecule has 5 aliphatic rings. The number of alkyl halides is 2. The number of carbonyl (C=O) groups excluding carboxylic acids is 8. The predicted octanol–water partition coefficient (Wildman–Crippen LogP) is 3.08. The van der Waals surface area contributed by atoms with Crippen LogP contribution < -0.4 is 37.6 Å². The summed E-state index contributed by atoms with van der Waals surface area (Å²) in [5, 5.41) is 25.5. The molecular weight excluding hydrogens is 1230 g/mol. The average Bonchev–Trinajstić information content (AvgIpc) is 1.65. The van der Waals surface area contributed by atoms with E-state index < -0.39 is 86.1 Å². The SMILES string of the molecule is CN(C)CCN1CC[C@H]2CC[C@@H](C(=O)N[C@@H](CCCNC(=N)N)C(=O)N[C@@H](Cc3ccc(C(C)(C)C)cc3)C(=O)N3CCN(CCCNc4cccc5c4CN(C4CCC(=O)NC4=O)C5=O)CC3)N2C(=O)[C@@H](NC(=O)c2cc3cc(C(F)(F)OP(O)O)ccc3s2)C1. The second kappa shape index (κ2) is 30.2. The first-order valence-electron chi connectivity index (χ1n) is 31.3. The second-order valence-electron chi connectivity index (χ2n) is 25.6. The molecule has 0 saturated carbocycles. The van der Waals surface area contributed by atoms with Gasteiger partial charge in [0.25, 0.3) is 11.8 Å². The number of hydrogen-bond acceptors (Lipinski definition) is 17. The fourth-order valence-electron chi connectivity index (χ4n) is 12.7. The smallest absolute Gasteiger partial charge is 0.385 e. The van der Waals surface area contributed by atoms with E-state index in [4.69, 9.17) is 20.9 Å². The summed E-state index contributed by atoms with van der Waals surface area (Å²) in [7, 11) is 0.466. The molecule has 4 saturated heterocycles. The zero-order chi connectivity index (χ0) is 66.2. The van der Waals surface area contributed by atoms with Gasteiger partial charge in [0.15, 0.2) is 5.96 Å². The third kappa shape index (κ3) is 17.3. The van der Waals surface area contributed by atoms with Crippen molar-refractivity contribution < 1.29 is 61.4 Å². The van der Waals surface area contributed by atoms with Crippen molar-refractivity contribution in [3.63, 3.8) is 0 Å². The van der Waals surface area contributed by atoms with Crippen LogP contribution in [-0.4, -0.2) is 215 Å². The topological polar surface area (TPSA) is 328 Å². The van der Waals surface area contributed by atoms with Crippen LogP contribution in [-0.2, 0) is 57.8 Å². The number of nitrogens with one attached hydrogen (secondary N) is 7. The number of fused-ring (bicyclic) bond motifs is 3. The fourth-order valence-corrected chi connectivity index (χ4v) is 13.9. The molecule has 0 bridgehead atoms. The Kier molecular flexibility index (Phi) is 22.7. The first-order chi connectivity index (χ1) is 43.7. The number of hydrogen-bond donors (Lipinski definition) is 10. The molecule has 3 aromatic carbocycles. The monoisotopic (exact) mass is 1310 g/mol. The van der Waals surface area contributed by atoms with Crippen molar-refractivity contribution in [1.82, 2.24) is 56.0 Å². The molecule has 8 amide bonds. The largest absolute Gasteiger partial charge is 0.389 e. The molecule has 4 aromatic rings. The minimum absolute atomic E-state index is 0.0629. The number of nitrogens with two attached hydrogens (primary N) is 1. The molecular formula is C63H85F2N14O11PS. The first kappa shape index (κ1) is 69.1. The summed E-state index contributed by atoms with van der Waals surface area (Å²) in [6.45, 7) is 11.8. The lowest BCUT2D eigenvalue weighted by Crippen LogP contribution is -2.62. The van der Waals surface area contributed by atoms with Gasteiger partial charge in [-0.3, -0.25) is 58.9 Å². The van der Waals surface area contributed by atoms with Crippen LogP contribution in [0.15, 0.2) is 66.7 Å².